The third kappa shape index (κ3) is 8.49. The topological polar surface area (TPSA) is 77.3 Å². The van der Waals surface area contributed by atoms with Crippen molar-refractivity contribution < 1.29 is 0 Å². The predicted octanol–water partition coefficient (Wildman–Crippen LogP) is 17.8. The Bertz CT molecular complexity index is 4710. The summed E-state index contributed by atoms with van der Waals surface area (Å²) in [5.41, 5.74) is 16.5. The van der Waals surface area contributed by atoms with Crippen LogP contribution in [0.3, 0.4) is 0 Å². The van der Waals surface area contributed by atoms with Gasteiger partial charge >= 0.3 is 0 Å². The fourth-order valence-corrected chi connectivity index (χ4v) is 10.5. The maximum absolute atomic E-state index is 5.18. The van der Waals surface area contributed by atoms with Crippen LogP contribution in [0.5, 0.6) is 0 Å². The first-order valence-electron chi connectivity index (χ1n) is 25.5. The molecule has 6 aromatic heterocycles. The molecule has 0 bridgehead atoms. The average molecular weight is 969 g/mol. The molecule has 15 rings (SSSR count). The van der Waals surface area contributed by atoms with Gasteiger partial charge in [0.2, 0.25) is 0 Å². The van der Waals surface area contributed by atoms with Gasteiger partial charge in [0, 0.05) is 68.6 Å². The van der Waals surface area contributed by atoms with Gasteiger partial charge in [0.25, 0.3) is 0 Å². The molecule has 15 aromatic rings. The highest BCUT2D eigenvalue weighted by Gasteiger charge is 2.13. The number of aromatic nitrogens is 6. The van der Waals surface area contributed by atoms with Gasteiger partial charge in [-0.05, 0) is 133 Å². The minimum atomic E-state index is 0.921. The lowest BCUT2D eigenvalue weighted by Crippen LogP contribution is -1.90. The number of hydrogen-bond acceptors (Lipinski definition) is 6. The highest BCUT2D eigenvalue weighted by molar-refractivity contribution is 6.14. The van der Waals surface area contributed by atoms with Crippen LogP contribution in [0.2, 0.25) is 0 Å². The van der Waals surface area contributed by atoms with Gasteiger partial charge in [-0.15, -0.1) is 0 Å². The van der Waals surface area contributed by atoms with E-state index in [0.29, 0.717) is 0 Å². The van der Waals surface area contributed by atoms with Crippen molar-refractivity contribution in [1.29, 1.82) is 0 Å². The van der Waals surface area contributed by atoms with Crippen LogP contribution in [0, 0.1) is 0 Å². The summed E-state index contributed by atoms with van der Waals surface area (Å²) >= 11 is 0. The van der Waals surface area contributed by atoms with Crippen LogP contribution in [0.25, 0.3) is 143 Å². The smallest absolute Gasteiger partial charge is 0.0725 e. The third-order valence-corrected chi connectivity index (χ3v) is 14.4. The molecule has 0 aliphatic carbocycles. The first kappa shape index (κ1) is 44.4. The van der Waals surface area contributed by atoms with Gasteiger partial charge in [0.15, 0.2) is 0 Å². The molecule has 0 unspecified atom stereocenters. The Hall–Kier alpha value is -10.3. The maximum atomic E-state index is 5.18. The van der Waals surface area contributed by atoms with Crippen LogP contribution in [0.15, 0.2) is 267 Å². The summed E-state index contributed by atoms with van der Waals surface area (Å²) in [4.78, 5) is 28.6. The zero-order valence-electron chi connectivity index (χ0n) is 41.1. The summed E-state index contributed by atoms with van der Waals surface area (Å²) in [5.74, 6) is 0. The third-order valence-electron chi connectivity index (χ3n) is 14.4. The number of nitrogens with zero attached hydrogens (tertiary/aromatic N) is 6. The Morgan fingerprint density at radius 2 is 0.618 bits per heavy atom. The lowest BCUT2D eigenvalue weighted by atomic mass is 9.95. The number of rotatable bonds is 6. The molecule has 0 spiro atoms. The van der Waals surface area contributed by atoms with Gasteiger partial charge in [-0.1, -0.05) is 164 Å². The molecule has 0 amide bonds. The molecule has 0 fully saturated rings. The quantitative estimate of drug-likeness (QED) is 0.155. The molecule has 9 aromatic carbocycles. The Labute approximate surface area is 438 Å². The number of hydrogen-bond donors (Lipinski definition) is 0. The predicted molar refractivity (Wildman–Crippen MR) is 315 cm³/mol. The van der Waals surface area contributed by atoms with E-state index in [4.69, 9.17) is 19.9 Å². The van der Waals surface area contributed by atoms with Crippen LogP contribution >= 0.6 is 0 Å². The molecule has 76 heavy (non-hydrogen) atoms. The van der Waals surface area contributed by atoms with Gasteiger partial charge in [0.05, 0.1) is 44.8 Å². The van der Waals surface area contributed by atoms with Crippen molar-refractivity contribution in [2.75, 3.05) is 0 Å². The molecule has 0 saturated carbocycles. The van der Waals surface area contributed by atoms with Crippen molar-refractivity contribution in [3.05, 3.63) is 267 Å². The van der Waals surface area contributed by atoms with Crippen LogP contribution in [0.4, 0.5) is 0 Å². The van der Waals surface area contributed by atoms with Gasteiger partial charge < -0.3 is 0 Å². The SMILES string of the molecule is c1cncc(-c2ccc3ccc(-c4ccc5ccc(-c6ccc7ccccc7c6)nc5c4)cc3n2)c1.c1cncc(-c2ccc3ccc(-c4ccc5ccc(-c6cccc7ccc8ccccc8c67)nc5c4)cc3n2)c1. The summed E-state index contributed by atoms with van der Waals surface area (Å²) in [6.07, 6.45) is 7.26. The Morgan fingerprint density at radius 1 is 0.224 bits per heavy atom. The fraction of sp³-hybridized carbons (Fsp3) is 0. The standard InChI is InChI=1S/C37H23N3.C33H21N3/c1-2-8-31-24(5-1)10-13-27-6-3-9-32(37(27)31)34-19-17-26-12-15-29(22-36(26)40-34)28-14-11-25-16-18-33(39-35(25)21-28)30-7-4-20-38-23-30;1-2-5-25-18-28(12-7-22(25)4-1)30-15-13-23-8-10-26(19-32(23)35-30)27-11-9-24-14-16-31(36-33(24)20-27)29-6-3-17-34-21-29/h1-23H;1-21H. The zero-order chi connectivity index (χ0) is 50.4. The summed E-state index contributed by atoms with van der Waals surface area (Å²) in [7, 11) is 0. The normalized spacial score (nSPS) is 11.4. The van der Waals surface area contributed by atoms with E-state index in [1.165, 1.54) is 32.3 Å². The Kier molecular flexibility index (Phi) is 11.1. The molecule has 0 N–H and O–H groups in total. The van der Waals surface area contributed by atoms with Crippen LogP contribution in [-0.2, 0) is 0 Å². The molecule has 6 heterocycles. The number of fused-ring (bicyclic) bond motifs is 8. The number of pyridine rings is 6. The molecule has 0 atom stereocenters. The zero-order valence-corrected chi connectivity index (χ0v) is 41.1. The lowest BCUT2D eigenvalue weighted by Gasteiger charge is -2.11. The van der Waals surface area contributed by atoms with Gasteiger partial charge in [0.1, 0.15) is 0 Å². The van der Waals surface area contributed by atoms with Crippen LogP contribution < -0.4 is 0 Å². The van der Waals surface area contributed by atoms with E-state index in [0.717, 1.165) is 111 Å². The van der Waals surface area contributed by atoms with E-state index in [1.54, 1.807) is 12.4 Å². The van der Waals surface area contributed by atoms with Crippen molar-refractivity contribution in [3.8, 4) is 67.3 Å². The van der Waals surface area contributed by atoms with Gasteiger partial charge in [-0.3, -0.25) is 9.97 Å². The van der Waals surface area contributed by atoms with Crippen molar-refractivity contribution in [3.63, 3.8) is 0 Å². The van der Waals surface area contributed by atoms with E-state index in [1.807, 2.05) is 42.7 Å². The highest BCUT2D eigenvalue weighted by atomic mass is 14.7. The molecular weight excluding hydrogens is 925 g/mol. The van der Waals surface area contributed by atoms with Crippen molar-refractivity contribution >= 4 is 75.9 Å². The van der Waals surface area contributed by atoms with Crippen molar-refractivity contribution in [1.82, 2.24) is 29.9 Å². The summed E-state index contributed by atoms with van der Waals surface area (Å²) in [5, 5.41) is 11.9. The minimum Gasteiger partial charge on any atom is -0.264 e. The molecule has 0 aliphatic heterocycles. The van der Waals surface area contributed by atoms with Crippen molar-refractivity contribution in [2.24, 2.45) is 0 Å². The molecule has 0 saturated heterocycles. The Morgan fingerprint density at radius 3 is 1.14 bits per heavy atom. The van der Waals surface area contributed by atoms with E-state index in [9.17, 15) is 0 Å². The second-order valence-corrected chi connectivity index (χ2v) is 19.2. The molecular formula is C70H44N6. The highest BCUT2D eigenvalue weighted by Crippen LogP contribution is 2.36. The second kappa shape index (κ2) is 19.0. The van der Waals surface area contributed by atoms with Crippen LogP contribution in [0.1, 0.15) is 0 Å². The molecule has 6 nitrogen and oxygen atoms in total. The molecule has 354 valence electrons. The molecule has 0 radical (unpaired) electrons. The second-order valence-electron chi connectivity index (χ2n) is 19.2. The molecule has 0 aliphatic rings. The average Bonchev–Trinajstić information content (AvgIpc) is 3.51. The first-order chi connectivity index (χ1) is 37.6. The monoisotopic (exact) mass is 968 g/mol. The fourth-order valence-electron chi connectivity index (χ4n) is 10.5. The lowest BCUT2D eigenvalue weighted by molar-refractivity contribution is 1.30. The summed E-state index contributed by atoms with van der Waals surface area (Å²) in [6, 6.07) is 85.1. The van der Waals surface area contributed by atoms with Gasteiger partial charge in [-0.2, -0.15) is 0 Å². The first-order valence-corrected chi connectivity index (χ1v) is 25.5. The Balaban J connectivity index is 0.000000140. The summed E-state index contributed by atoms with van der Waals surface area (Å²) in [6.45, 7) is 0. The van der Waals surface area contributed by atoms with E-state index in [-0.39, 0.29) is 0 Å². The van der Waals surface area contributed by atoms with E-state index in [2.05, 4.69) is 222 Å². The van der Waals surface area contributed by atoms with E-state index < -0.39 is 0 Å². The van der Waals surface area contributed by atoms with Gasteiger partial charge in [-0.25, -0.2) is 19.9 Å². The van der Waals surface area contributed by atoms with Crippen LogP contribution in [-0.4, -0.2) is 29.9 Å². The van der Waals surface area contributed by atoms with E-state index >= 15 is 0 Å². The minimum absolute atomic E-state index is 0.921. The maximum Gasteiger partial charge on any atom is 0.0725 e. The number of benzene rings is 9. The molecule has 6 heteroatoms. The van der Waals surface area contributed by atoms with Crippen molar-refractivity contribution in [2.45, 2.75) is 0 Å². The largest absolute Gasteiger partial charge is 0.264 e. The summed E-state index contributed by atoms with van der Waals surface area (Å²) < 4.78 is 0.